The van der Waals surface area contributed by atoms with Gasteiger partial charge in [-0.25, -0.2) is 8.78 Å². The van der Waals surface area contributed by atoms with Gasteiger partial charge in [-0.05, 0) is 12.1 Å². The monoisotopic (exact) mass is 309 g/mol. The highest BCUT2D eigenvalue weighted by molar-refractivity contribution is 5.58. The van der Waals surface area contributed by atoms with Gasteiger partial charge in [0.2, 0.25) is 0 Å². The van der Waals surface area contributed by atoms with E-state index in [1.165, 1.54) is 14.2 Å². The van der Waals surface area contributed by atoms with Crippen LogP contribution in [-0.4, -0.2) is 21.3 Å². The van der Waals surface area contributed by atoms with E-state index >= 15 is 0 Å². The lowest BCUT2D eigenvalue weighted by molar-refractivity contribution is 0.391. The van der Waals surface area contributed by atoms with E-state index in [1.54, 1.807) is 25.3 Å². The van der Waals surface area contributed by atoms with Crippen LogP contribution in [0.2, 0.25) is 0 Å². The molecule has 2 aromatic rings. The quantitative estimate of drug-likeness (QED) is 0.885. The molecule has 2 aromatic carbocycles. The fourth-order valence-electron chi connectivity index (χ4n) is 2.06. The van der Waals surface area contributed by atoms with E-state index in [0.717, 1.165) is 17.7 Å². The molecule has 0 aromatic heterocycles. The van der Waals surface area contributed by atoms with Gasteiger partial charge in [0, 0.05) is 30.3 Å². The zero-order valence-corrected chi connectivity index (χ0v) is 12.6. The molecule has 0 bridgehead atoms. The lowest BCUT2D eigenvalue weighted by Crippen LogP contribution is -2.05. The molecule has 0 aliphatic heterocycles. The zero-order chi connectivity index (χ0) is 16.1. The van der Waals surface area contributed by atoms with Crippen molar-refractivity contribution in [2.75, 3.05) is 26.6 Å². The van der Waals surface area contributed by atoms with Gasteiger partial charge < -0.3 is 19.5 Å². The first-order valence-corrected chi connectivity index (χ1v) is 6.56. The number of anilines is 1. The van der Waals surface area contributed by atoms with E-state index in [1.807, 2.05) is 0 Å². The molecule has 0 heterocycles. The van der Waals surface area contributed by atoms with Gasteiger partial charge in [0.25, 0.3) is 0 Å². The van der Waals surface area contributed by atoms with Crippen LogP contribution in [0, 0.1) is 11.6 Å². The van der Waals surface area contributed by atoms with Crippen molar-refractivity contribution < 1.29 is 23.0 Å². The summed E-state index contributed by atoms with van der Waals surface area (Å²) in [5.74, 6) is -0.0456. The van der Waals surface area contributed by atoms with Crippen LogP contribution in [0.3, 0.4) is 0 Å². The van der Waals surface area contributed by atoms with Crippen molar-refractivity contribution in [3.05, 3.63) is 47.5 Å². The fraction of sp³-hybridized carbons (Fsp3) is 0.250. The molecule has 0 aliphatic rings. The van der Waals surface area contributed by atoms with Crippen LogP contribution >= 0.6 is 0 Å². The number of ether oxygens (including phenoxy) is 3. The van der Waals surface area contributed by atoms with Crippen LogP contribution in [0.1, 0.15) is 5.56 Å². The molecule has 0 radical (unpaired) electrons. The first-order chi connectivity index (χ1) is 10.6. The van der Waals surface area contributed by atoms with Crippen molar-refractivity contribution >= 4 is 5.69 Å². The van der Waals surface area contributed by atoms with Gasteiger partial charge in [0.1, 0.15) is 28.8 Å². The third-order valence-corrected chi connectivity index (χ3v) is 3.19. The third kappa shape index (κ3) is 3.39. The Labute approximate surface area is 127 Å². The van der Waals surface area contributed by atoms with Crippen molar-refractivity contribution in [3.8, 4) is 17.2 Å². The largest absolute Gasteiger partial charge is 0.497 e. The third-order valence-electron chi connectivity index (χ3n) is 3.19. The highest BCUT2D eigenvalue weighted by atomic mass is 19.1. The zero-order valence-electron chi connectivity index (χ0n) is 12.6. The minimum Gasteiger partial charge on any atom is -0.497 e. The molecule has 4 nitrogen and oxygen atoms in total. The van der Waals surface area contributed by atoms with Gasteiger partial charge in [-0.3, -0.25) is 0 Å². The van der Waals surface area contributed by atoms with E-state index in [9.17, 15) is 8.78 Å². The summed E-state index contributed by atoms with van der Waals surface area (Å²) in [7, 11) is 4.45. The summed E-state index contributed by atoms with van der Waals surface area (Å²) >= 11 is 0. The molecule has 0 atom stereocenters. The van der Waals surface area contributed by atoms with E-state index in [-0.39, 0.29) is 18.0 Å². The molecular weight excluding hydrogens is 292 g/mol. The van der Waals surface area contributed by atoms with Gasteiger partial charge in [-0.2, -0.15) is 0 Å². The average molecular weight is 309 g/mol. The van der Waals surface area contributed by atoms with Crippen LogP contribution in [0.15, 0.2) is 30.3 Å². The number of benzene rings is 2. The number of rotatable bonds is 6. The van der Waals surface area contributed by atoms with Crippen molar-refractivity contribution in [2.45, 2.75) is 6.54 Å². The topological polar surface area (TPSA) is 39.7 Å². The molecular formula is C16H17F2NO3. The van der Waals surface area contributed by atoms with Crippen LogP contribution in [-0.2, 0) is 6.54 Å². The van der Waals surface area contributed by atoms with Gasteiger partial charge in [-0.1, -0.05) is 0 Å². The second-order valence-corrected chi connectivity index (χ2v) is 4.50. The first kappa shape index (κ1) is 15.9. The minimum atomic E-state index is -0.718. The Hall–Kier alpha value is -2.50. The summed E-state index contributed by atoms with van der Waals surface area (Å²) in [6, 6.07) is 7.23. The standard InChI is InChI=1S/C16H17F2NO3/c1-20-12-5-4-10(14(8-12)21-2)9-19-16-13(18)6-11(17)7-15(16)22-3/h4-8,19H,9H2,1-3H3. The summed E-state index contributed by atoms with van der Waals surface area (Å²) in [5.41, 5.74) is 0.899. The smallest absolute Gasteiger partial charge is 0.153 e. The lowest BCUT2D eigenvalue weighted by atomic mass is 10.1. The Morgan fingerprint density at radius 2 is 1.64 bits per heavy atom. The van der Waals surface area contributed by atoms with Crippen LogP contribution in [0.25, 0.3) is 0 Å². The molecule has 0 amide bonds. The molecule has 22 heavy (non-hydrogen) atoms. The molecule has 0 unspecified atom stereocenters. The van der Waals surface area contributed by atoms with E-state index in [2.05, 4.69) is 5.32 Å². The van der Waals surface area contributed by atoms with E-state index in [4.69, 9.17) is 14.2 Å². The number of halogens is 2. The van der Waals surface area contributed by atoms with Gasteiger partial charge in [0.15, 0.2) is 5.82 Å². The molecule has 6 heteroatoms. The predicted octanol–water partition coefficient (Wildman–Crippen LogP) is 3.60. The summed E-state index contributed by atoms with van der Waals surface area (Å²) in [6.45, 7) is 0.284. The summed E-state index contributed by atoms with van der Waals surface area (Å²) in [6.07, 6.45) is 0. The highest BCUT2D eigenvalue weighted by Gasteiger charge is 2.13. The number of hydrogen-bond acceptors (Lipinski definition) is 4. The van der Waals surface area contributed by atoms with Crippen molar-refractivity contribution in [3.63, 3.8) is 0 Å². The van der Waals surface area contributed by atoms with Crippen molar-refractivity contribution in [1.82, 2.24) is 0 Å². The van der Waals surface area contributed by atoms with Crippen LogP contribution in [0.5, 0.6) is 17.2 Å². The normalized spacial score (nSPS) is 10.2. The van der Waals surface area contributed by atoms with Crippen molar-refractivity contribution in [1.29, 1.82) is 0 Å². The Balaban J connectivity index is 2.23. The molecule has 0 spiro atoms. The maximum absolute atomic E-state index is 13.9. The summed E-state index contributed by atoms with van der Waals surface area (Å²) in [4.78, 5) is 0. The van der Waals surface area contributed by atoms with Crippen LogP contribution in [0.4, 0.5) is 14.5 Å². The second kappa shape index (κ2) is 6.98. The molecule has 1 N–H and O–H groups in total. The van der Waals surface area contributed by atoms with Gasteiger partial charge in [-0.15, -0.1) is 0 Å². The van der Waals surface area contributed by atoms with E-state index in [0.29, 0.717) is 11.5 Å². The van der Waals surface area contributed by atoms with Gasteiger partial charge in [0.05, 0.1) is 21.3 Å². The fourth-order valence-corrected chi connectivity index (χ4v) is 2.06. The summed E-state index contributed by atoms with van der Waals surface area (Å²) < 4.78 is 42.4. The highest BCUT2D eigenvalue weighted by Crippen LogP contribution is 2.31. The number of hydrogen-bond donors (Lipinski definition) is 1. The number of nitrogens with one attached hydrogen (secondary N) is 1. The average Bonchev–Trinajstić information content (AvgIpc) is 2.53. The Bertz CT molecular complexity index is 662. The summed E-state index contributed by atoms with van der Waals surface area (Å²) in [5, 5.41) is 2.90. The molecule has 2 rings (SSSR count). The molecule has 118 valence electrons. The first-order valence-electron chi connectivity index (χ1n) is 6.56. The Morgan fingerprint density at radius 3 is 2.27 bits per heavy atom. The molecule has 0 aliphatic carbocycles. The maximum Gasteiger partial charge on any atom is 0.153 e. The molecule has 0 saturated carbocycles. The SMILES string of the molecule is COc1ccc(CNc2c(F)cc(F)cc2OC)c(OC)c1. The number of methoxy groups -OCH3 is 3. The van der Waals surface area contributed by atoms with Crippen molar-refractivity contribution in [2.24, 2.45) is 0 Å². The van der Waals surface area contributed by atoms with Crippen LogP contribution < -0.4 is 19.5 Å². The second-order valence-electron chi connectivity index (χ2n) is 4.50. The van der Waals surface area contributed by atoms with E-state index < -0.39 is 11.6 Å². The van der Waals surface area contributed by atoms with Gasteiger partial charge >= 0.3 is 0 Å². The maximum atomic E-state index is 13.9. The molecule has 0 fully saturated rings. The lowest BCUT2D eigenvalue weighted by Gasteiger charge is -2.14. The Kier molecular flexibility index (Phi) is 5.04. The predicted molar refractivity (Wildman–Crippen MR) is 79.8 cm³/mol. The minimum absolute atomic E-state index is 0.0989. The molecule has 0 saturated heterocycles. The Morgan fingerprint density at radius 1 is 0.909 bits per heavy atom.